The lowest BCUT2D eigenvalue weighted by molar-refractivity contribution is -0.142. The summed E-state index contributed by atoms with van der Waals surface area (Å²) in [5, 5.41) is 16.7. The molecular weight excluding hydrogens is 430 g/mol. The lowest BCUT2D eigenvalue weighted by atomic mass is 9.99. The molecule has 5 unspecified atom stereocenters. The highest BCUT2D eigenvalue weighted by atomic mass is 32.1. The van der Waals surface area contributed by atoms with Crippen molar-refractivity contribution in [1.29, 1.82) is 0 Å². The van der Waals surface area contributed by atoms with Crippen molar-refractivity contribution in [1.82, 2.24) is 16.0 Å². The monoisotopic (exact) mass is 465 g/mol. The molecule has 0 bridgehead atoms. The number of carbonyl (C=O) groups excluding carboxylic acids is 3. The maximum absolute atomic E-state index is 12.5. The fourth-order valence-electron chi connectivity index (χ4n) is 2.46. The fraction of sp³-hybridized carbons (Fsp3) is 0.778. The van der Waals surface area contributed by atoms with Crippen LogP contribution >= 0.6 is 25.3 Å². The van der Waals surface area contributed by atoms with Crippen LogP contribution in [0.3, 0.4) is 0 Å². The minimum absolute atomic E-state index is 0.0114. The van der Waals surface area contributed by atoms with E-state index in [1.807, 2.05) is 13.8 Å². The van der Waals surface area contributed by atoms with E-state index in [9.17, 15) is 24.3 Å². The second-order valence-corrected chi connectivity index (χ2v) is 7.81. The SMILES string of the molecule is CCC(C)C(N)C(=O)NC(CS)C(=O)NC(CS)C(=O)NC(CCCCN)C(=O)O. The highest BCUT2D eigenvalue weighted by Crippen LogP contribution is 2.06. The van der Waals surface area contributed by atoms with Crippen LogP contribution in [0.2, 0.25) is 0 Å². The van der Waals surface area contributed by atoms with Crippen LogP contribution in [0.25, 0.3) is 0 Å². The number of thiol groups is 2. The van der Waals surface area contributed by atoms with E-state index in [-0.39, 0.29) is 23.8 Å². The zero-order valence-corrected chi connectivity index (χ0v) is 19.3. The normalized spacial score (nSPS) is 15.9. The highest BCUT2D eigenvalue weighted by molar-refractivity contribution is 7.80. The summed E-state index contributed by atoms with van der Waals surface area (Å²) in [6, 6.07) is -3.97. The van der Waals surface area contributed by atoms with Crippen LogP contribution in [0.4, 0.5) is 0 Å². The van der Waals surface area contributed by atoms with Crippen LogP contribution in [-0.4, -0.2) is 71.0 Å². The van der Waals surface area contributed by atoms with Gasteiger partial charge in [-0.25, -0.2) is 4.79 Å². The van der Waals surface area contributed by atoms with E-state index in [2.05, 4.69) is 41.2 Å². The molecule has 0 saturated carbocycles. The number of nitrogens with two attached hydrogens (primary N) is 2. The second-order valence-electron chi connectivity index (χ2n) is 7.08. The van der Waals surface area contributed by atoms with Crippen LogP contribution in [-0.2, 0) is 19.2 Å². The van der Waals surface area contributed by atoms with Crippen molar-refractivity contribution in [2.75, 3.05) is 18.1 Å². The quantitative estimate of drug-likeness (QED) is 0.112. The molecule has 12 heteroatoms. The Bertz CT molecular complexity index is 581. The van der Waals surface area contributed by atoms with E-state index in [1.54, 1.807) is 0 Å². The first-order valence-electron chi connectivity index (χ1n) is 9.94. The molecule has 0 saturated heterocycles. The van der Waals surface area contributed by atoms with Gasteiger partial charge >= 0.3 is 5.97 Å². The maximum Gasteiger partial charge on any atom is 0.326 e. The number of amides is 3. The molecule has 3 amide bonds. The Labute approximate surface area is 188 Å². The predicted octanol–water partition coefficient (Wildman–Crippen LogP) is -1.11. The van der Waals surface area contributed by atoms with Crippen molar-refractivity contribution in [2.45, 2.75) is 63.7 Å². The van der Waals surface area contributed by atoms with Gasteiger partial charge in [0.2, 0.25) is 17.7 Å². The molecule has 0 rings (SSSR count). The van der Waals surface area contributed by atoms with Crippen molar-refractivity contribution in [3.63, 3.8) is 0 Å². The molecule has 10 nitrogen and oxygen atoms in total. The first-order valence-corrected chi connectivity index (χ1v) is 11.2. The van der Waals surface area contributed by atoms with Crippen LogP contribution in [0.1, 0.15) is 39.5 Å². The summed E-state index contributed by atoms with van der Waals surface area (Å²) in [5.74, 6) is -3.13. The van der Waals surface area contributed by atoms with E-state index in [1.165, 1.54) is 0 Å². The molecule has 0 aliphatic heterocycles. The van der Waals surface area contributed by atoms with Crippen LogP contribution < -0.4 is 27.4 Å². The highest BCUT2D eigenvalue weighted by Gasteiger charge is 2.29. The largest absolute Gasteiger partial charge is 0.480 e. The van der Waals surface area contributed by atoms with Crippen molar-refractivity contribution in [3.8, 4) is 0 Å². The molecule has 30 heavy (non-hydrogen) atoms. The van der Waals surface area contributed by atoms with Crippen molar-refractivity contribution in [3.05, 3.63) is 0 Å². The minimum Gasteiger partial charge on any atom is -0.480 e. The number of hydrogen-bond acceptors (Lipinski definition) is 8. The van der Waals surface area contributed by atoms with Crippen molar-refractivity contribution in [2.24, 2.45) is 17.4 Å². The minimum atomic E-state index is -1.18. The fourth-order valence-corrected chi connectivity index (χ4v) is 2.98. The molecule has 0 spiro atoms. The molecule has 0 aliphatic rings. The Kier molecular flexibility index (Phi) is 14.6. The standard InChI is InChI=1S/C18H35N5O5S2/c1-3-10(2)14(20)17(26)23-13(9-30)16(25)22-12(8-29)15(24)21-11(18(27)28)6-4-5-7-19/h10-14,29-30H,3-9,19-20H2,1-2H3,(H,21,24)(H,22,25)(H,23,26)(H,27,28). The molecule has 0 heterocycles. The van der Waals surface area contributed by atoms with Gasteiger partial charge in [-0.3, -0.25) is 14.4 Å². The first kappa shape index (κ1) is 28.5. The lowest BCUT2D eigenvalue weighted by Gasteiger charge is -2.24. The second kappa shape index (κ2) is 15.3. The Morgan fingerprint density at radius 1 is 0.900 bits per heavy atom. The molecule has 8 N–H and O–H groups in total. The molecule has 0 aromatic carbocycles. The predicted molar refractivity (Wildman–Crippen MR) is 121 cm³/mol. The number of hydrogen-bond donors (Lipinski definition) is 8. The Morgan fingerprint density at radius 3 is 1.77 bits per heavy atom. The lowest BCUT2D eigenvalue weighted by Crippen LogP contribution is -2.58. The van der Waals surface area contributed by atoms with E-state index in [0.717, 1.165) is 0 Å². The van der Waals surface area contributed by atoms with Gasteiger partial charge in [0, 0.05) is 11.5 Å². The van der Waals surface area contributed by atoms with Gasteiger partial charge in [-0.2, -0.15) is 25.3 Å². The van der Waals surface area contributed by atoms with Gasteiger partial charge in [0.15, 0.2) is 0 Å². The van der Waals surface area contributed by atoms with Crippen LogP contribution in [0.5, 0.6) is 0 Å². The van der Waals surface area contributed by atoms with E-state index in [4.69, 9.17) is 11.5 Å². The molecular formula is C18H35N5O5S2. The zero-order chi connectivity index (χ0) is 23.3. The van der Waals surface area contributed by atoms with Crippen LogP contribution in [0, 0.1) is 5.92 Å². The summed E-state index contributed by atoms with van der Waals surface area (Å²) in [6.07, 6.45) is 2.09. The number of carboxylic acid groups (broad SMARTS) is 1. The third-order valence-electron chi connectivity index (χ3n) is 4.75. The average Bonchev–Trinajstić information content (AvgIpc) is 2.73. The summed E-state index contributed by atoms with van der Waals surface area (Å²) in [7, 11) is 0. The third kappa shape index (κ3) is 10.0. The van der Waals surface area contributed by atoms with E-state index in [0.29, 0.717) is 25.8 Å². The summed E-state index contributed by atoms with van der Waals surface area (Å²) in [5.41, 5.74) is 11.3. The van der Waals surface area contributed by atoms with Crippen LogP contribution in [0.15, 0.2) is 0 Å². The smallest absolute Gasteiger partial charge is 0.326 e. The number of rotatable bonds is 15. The van der Waals surface area contributed by atoms with Crippen molar-refractivity contribution < 1.29 is 24.3 Å². The topological polar surface area (TPSA) is 177 Å². The summed E-state index contributed by atoms with van der Waals surface area (Å²) >= 11 is 8.15. The van der Waals surface area contributed by atoms with Gasteiger partial charge in [-0.05, 0) is 31.7 Å². The number of unbranched alkanes of at least 4 members (excludes halogenated alkanes) is 1. The number of carboxylic acids is 1. The van der Waals surface area contributed by atoms with Gasteiger partial charge in [-0.15, -0.1) is 0 Å². The van der Waals surface area contributed by atoms with Gasteiger partial charge in [-0.1, -0.05) is 20.3 Å². The average molecular weight is 466 g/mol. The number of nitrogens with one attached hydrogen (secondary N) is 3. The molecule has 0 fully saturated rings. The Morgan fingerprint density at radius 2 is 1.37 bits per heavy atom. The number of aliphatic carboxylic acids is 1. The molecule has 0 aromatic heterocycles. The molecule has 174 valence electrons. The summed E-state index contributed by atoms with van der Waals surface area (Å²) in [4.78, 5) is 48.5. The molecule has 0 aromatic rings. The van der Waals surface area contributed by atoms with Gasteiger partial charge in [0.1, 0.15) is 18.1 Å². The Balaban J connectivity index is 4.96. The summed E-state index contributed by atoms with van der Waals surface area (Å²) in [6.45, 7) is 4.15. The molecule has 0 aliphatic carbocycles. The van der Waals surface area contributed by atoms with E-state index < -0.39 is 47.9 Å². The molecule has 5 atom stereocenters. The zero-order valence-electron chi connectivity index (χ0n) is 17.5. The van der Waals surface area contributed by atoms with Gasteiger partial charge in [0.25, 0.3) is 0 Å². The van der Waals surface area contributed by atoms with Gasteiger partial charge < -0.3 is 32.5 Å². The summed E-state index contributed by atoms with van der Waals surface area (Å²) < 4.78 is 0. The van der Waals surface area contributed by atoms with Crippen molar-refractivity contribution >= 4 is 48.9 Å². The Hall–Kier alpha value is -1.50. The van der Waals surface area contributed by atoms with E-state index >= 15 is 0 Å². The first-order chi connectivity index (χ1) is 14.1. The third-order valence-corrected chi connectivity index (χ3v) is 5.48. The van der Waals surface area contributed by atoms with Gasteiger partial charge in [0.05, 0.1) is 6.04 Å². The number of carbonyl (C=O) groups is 4. The maximum atomic E-state index is 12.5. The molecule has 0 radical (unpaired) electrons.